The quantitative estimate of drug-likeness (QED) is 0.532. The van der Waals surface area contributed by atoms with Crippen LogP contribution in [0, 0.1) is 0 Å². The van der Waals surface area contributed by atoms with Gasteiger partial charge in [-0.25, -0.2) is 8.42 Å². The predicted molar refractivity (Wildman–Crippen MR) is 110 cm³/mol. The lowest BCUT2D eigenvalue weighted by atomic mass is 10.3. The first-order chi connectivity index (χ1) is 11.8. The number of hydrogen-bond acceptors (Lipinski definition) is 5. The lowest BCUT2D eigenvalue weighted by molar-refractivity contribution is 0.326. The van der Waals surface area contributed by atoms with Gasteiger partial charge in [-0.15, -0.1) is 12.4 Å². The van der Waals surface area contributed by atoms with Crippen molar-refractivity contribution in [2.24, 2.45) is 0 Å². The largest absolute Gasteiger partial charge is 0.494 e. The van der Waals surface area contributed by atoms with Crippen LogP contribution in [0.5, 0.6) is 5.75 Å². The van der Waals surface area contributed by atoms with Gasteiger partial charge >= 0.3 is 0 Å². The lowest BCUT2D eigenvalue weighted by Crippen LogP contribution is -2.35. The highest BCUT2D eigenvalue weighted by Crippen LogP contribution is 2.20. The van der Waals surface area contributed by atoms with E-state index in [1.807, 2.05) is 35.1 Å². The van der Waals surface area contributed by atoms with Crippen LogP contribution < -0.4 is 4.74 Å². The van der Waals surface area contributed by atoms with Gasteiger partial charge in [-0.05, 0) is 85.3 Å². The minimum Gasteiger partial charge on any atom is -0.494 e. The van der Waals surface area contributed by atoms with E-state index in [4.69, 9.17) is 4.74 Å². The highest BCUT2D eigenvalue weighted by atomic mass is 35.5. The topological polar surface area (TPSA) is 53.1 Å². The van der Waals surface area contributed by atoms with Gasteiger partial charge in [0.1, 0.15) is 5.75 Å². The number of hydrogen-bond donors (Lipinski definition) is 0. The highest BCUT2D eigenvalue weighted by Gasteiger charge is 2.23. The summed E-state index contributed by atoms with van der Waals surface area (Å²) in [5.41, 5.74) is 0. The summed E-state index contributed by atoms with van der Waals surface area (Å²) in [6, 6.07) is 6.69. The summed E-state index contributed by atoms with van der Waals surface area (Å²) in [5.74, 6) is 0.688. The SMILES string of the molecule is CCOc1ccc(S(=O)(=O)N(CCCN(C)C)CCCN(C)C)cc1.Cl. The van der Waals surface area contributed by atoms with Gasteiger partial charge in [-0.2, -0.15) is 4.31 Å². The normalized spacial score (nSPS) is 11.8. The van der Waals surface area contributed by atoms with Crippen molar-refractivity contribution in [2.75, 3.05) is 61.0 Å². The van der Waals surface area contributed by atoms with Crippen LogP contribution in [0.2, 0.25) is 0 Å². The van der Waals surface area contributed by atoms with Crippen molar-refractivity contribution in [3.8, 4) is 5.75 Å². The number of nitrogens with zero attached hydrogens (tertiary/aromatic N) is 3. The molecule has 0 unspecified atom stereocenters. The van der Waals surface area contributed by atoms with E-state index in [1.54, 1.807) is 28.6 Å². The van der Waals surface area contributed by atoms with Crippen molar-refractivity contribution >= 4 is 22.4 Å². The number of halogens is 1. The Morgan fingerprint density at radius 1 is 0.846 bits per heavy atom. The first kappa shape index (κ1) is 25.1. The van der Waals surface area contributed by atoms with E-state index in [1.165, 1.54) is 0 Å². The minimum absolute atomic E-state index is 0. The van der Waals surface area contributed by atoms with Crippen LogP contribution >= 0.6 is 12.4 Å². The first-order valence-electron chi connectivity index (χ1n) is 8.80. The summed E-state index contributed by atoms with van der Waals surface area (Å²) in [7, 11) is 4.50. The van der Waals surface area contributed by atoms with Gasteiger partial charge in [0.05, 0.1) is 11.5 Å². The zero-order valence-electron chi connectivity index (χ0n) is 16.6. The Bertz CT molecular complexity index is 578. The lowest BCUT2D eigenvalue weighted by Gasteiger charge is -2.24. The molecule has 0 amide bonds. The maximum atomic E-state index is 13.0. The fraction of sp³-hybridized carbons (Fsp3) is 0.667. The molecule has 6 nitrogen and oxygen atoms in total. The summed E-state index contributed by atoms with van der Waals surface area (Å²) in [6.07, 6.45) is 1.62. The van der Waals surface area contributed by atoms with E-state index in [-0.39, 0.29) is 12.4 Å². The van der Waals surface area contributed by atoms with E-state index in [2.05, 4.69) is 9.80 Å². The Hall–Kier alpha value is -0.860. The molecule has 0 aliphatic heterocycles. The fourth-order valence-corrected chi connectivity index (χ4v) is 4.02. The van der Waals surface area contributed by atoms with Crippen molar-refractivity contribution in [1.29, 1.82) is 0 Å². The molecule has 0 fully saturated rings. The Morgan fingerprint density at radius 3 is 1.69 bits per heavy atom. The van der Waals surface area contributed by atoms with E-state index in [9.17, 15) is 8.42 Å². The number of rotatable bonds is 12. The van der Waals surface area contributed by atoms with Gasteiger partial charge in [0.2, 0.25) is 10.0 Å². The molecular weight excluding hydrogens is 374 g/mol. The summed E-state index contributed by atoms with van der Waals surface area (Å²) in [4.78, 5) is 4.47. The number of benzene rings is 1. The van der Waals surface area contributed by atoms with Crippen molar-refractivity contribution in [3.05, 3.63) is 24.3 Å². The molecule has 0 saturated heterocycles. The maximum Gasteiger partial charge on any atom is 0.243 e. The van der Waals surface area contributed by atoms with Gasteiger partial charge in [-0.1, -0.05) is 0 Å². The Balaban J connectivity index is 0.00000625. The second kappa shape index (κ2) is 12.5. The Kier molecular flexibility index (Phi) is 12.1. The maximum absolute atomic E-state index is 13.0. The molecule has 0 N–H and O–H groups in total. The van der Waals surface area contributed by atoms with E-state index in [0.717, 1.165) is 25.9 Å². The first-order valence-corrected chi connectivity index (χ1v) is 10.2. The van der Waals surface area contributed by atoms with Crippen LogP contribution in [0.4, 0.5) is 0 Å². The van der Waals surface area contributed by atoms with Gasteiger partial charge < -0.3 is 14.5 Å². The smallest absolute Gasteiger partial charge is 0.243 e. The van der Waals surface area contributed by atoms with Crippen LogP contribution in [-0.4, -0.2) is 83.5 Å². The molecule has 0 saturated carbocycles. The molecule has 0 spiro atoms. The second-order valence-electron chi connectivity index (χ2n) is 6.62. The summed E-state index contributed by atoms with van der Waals surface area (Å²) >= 11 is 0. The summed E-state index contributed by atoms with van der Waals surface area (Å²) in [5, 5.41) is 0. The monoisotopic (exact) mass is 407 g/mol. The zero-order chi connectivity index (χ0) is 18.9. The van der Waals surface area contributed by atoms with Crippen molar-refractivity contribution in [1.82, 2.24) is 14.1 Å². The summed E-state index contributed by atoms with van der Waals surface area (Å²) < 4.78 is 33.0. The third kappa shape index (κ3) is 8.68. The molecule has 0 aliphatic carbocycles. The van der Waals surface area contributed by atoms with Crippen LogP contribution in [0.15, 0.2) is 29.2 Å². The van der Waals surface area contributed by atoms with Gasteiger partial charge in [-0.3, -0.25) is 0 Å². The standard InChI is InChI=1S/C18H33N3O3S.ClH/c1-6-24-17-9-11-18(12-10-17)25(22,23)21(15-7-13-19(2)3)16-8-14-20(4)5;/h9-12H,6-8,13-16H2,1-5H3;1H. The van der Waals surface area contributed by atoms with Crippen LogP contribution in [0.1, 0.15) is 19.8 Å². The number of ether oxygens (including phenoxy) is 1. The molecule has 0 aromatic heterocycles. The Labute approximate surface area is 165 Å². The third-order valence-corrected chi connectivity index (χ3v) is 5.71. The predicted octanol–water partition coefficient (Wildman–Crippen LogP) is 2.40. The summed E-state index contributed by atoms with van der Waals surface area (Å²) in [6.45, 7) is 5.25. The molecule has 0 aliphatic rings. The van der Waals surface area contributed by atoms with E-state index < -0.39 is 10.0 Å². The van der Waals surface area contributed by atoms with E-state index in [0.29, 0.717) is 30.3 Å². The van der Waals surface area contributed by atoms with Crippen LogP contribution in [0.25, 0.3) is 0 Å². The molecule has 0 radical (unpaired) electrons. The van der Waals surface area contributed by atoms with E-state index >= 15 is 0 Å². The molecule has 0 heterocycles. The molecule has 0 atom stereocenters. The number of sulfonamides is 1. The molecule has 152 valence electrons. The van der Waals surface area contributed by atoms with Gasteiger partial charge in [0.15, 0.2) is 0 Å². The molecule has 1 aromatic carbocycles. The van der Waals surface area contributed by atoms with Gasteiger partial charge in [0, 0.05) is 13.1 Å². The average Bonchev–Trinajstić information content (AvgIpc) is 2.53. The third-order valence-electron chi connectivity index (χ3n) is 3.80. The van der Waals surface area contributed by atoms with Crippen LogP contribution in [0.3, 0.4) is 0 Å². The second-order valence-corrected chi connectivity index (χ2v) is 8.56. The Morgan fingerprint density at radius 2 is 1.31 bits per heavy atom. The molecule has 1 rings (SSSR count). The molecule has 1 aromatic rings. The van der Waals surface area contributed by atoms with Crippen LogP contribution in [-0.2, 0) is 10.0 Å². The average molecular weight is 408 g/mol. The van der Waals surface area contributed by atoms with Crippen molar-refractivity contribution < 1.29 is 13.2 Å². The molecule has 8 heteroatoms. The molecule has 0 bridgehead atoms. The molecular formula is C18H34ClN3O3S. The van der Waals surface area contributed by atoms with Crippen molar-refractivity contribution in [3.63, 3.8) is 0 Å². The van der Waals surface area contributed by atoms with Crippen molar-refractivity contribution in [2.45, 2.75) is 24.7 Å². The van der Waals surface area contributed by atoms with Gasteiger partial charge in [0.25, 0.3) is 0 Å². The zero-order valence-corrected chi connectivity index (χ0v) is 18.3. The highest BCUT2D eigenvalue weighted by molar-refractivity contribution is 7.89. The fourth-order valence-electron chi connectivity index (χ4n) is 2.50. The molecule has 26 heavy (non-hydrogen) atoms. The minimum atomic E-state index is -3.49.